The van der Waals surface area contributed by atoms with E-state index in [-0.39, 0.29) is 19.3 Å². The number of unbranched alkanes of at least 4 members (excludes halogenated alkanes) is 1. The van der Waals surface area contributed by atoms with E-state index in [0.717, 1.165) is 49.6 Å². The second-order valence-electron chi connectivity index (χ2n) is 7.98. The van der Waals surface area contributed by atoms with Crippen molar-refractivity contribution in [3.8, 4) is 5.75 Å². The summed E-state index contributed by atoms with van der Waals surface area (Å²) in [5.41, 5.74) is 1.33. The predicted molar refractivity (Wildman–Crippen MR) is 125 cm³/mol. The highest BCUT2D eigenvalue weighted by Gasteiger charge is 2.27. The summed E-state index contributed by atoms with van der Waals surface area (Å²) < 4.78 is 5.66. The maximum atomic E-state index is 12.8. The van der Waals surface area contributed by atoms with Gasteiger partial charge in [-0.1, -0.05) is 13.3 Å². The first-order chi connectivity index (χ1) is 14.9. The van der Waals surface area contributed by atoms with Crippen molar-refractivity contribution in [3.05, 3.63) is 48.2 Å². The standard InChI is InChI=1S/C24H32N4O3.H2/c1-5-6-15-31-22-10-7-19(8-11-22)24(30)27(4)20-9-12-23(25-16-20)28-14-13-21(17-28)26(3)18(2)29;/h7-12,16,21H,5-6,13-15,17H2,1-4H3;1H. The topological polar surface area (TPSA) is 66.0 Å². The molecule has 7 heteroatoms. The molecular formula is C24H34N4O3. The molecule has 0 N–H and O–H groups in total. The van der Waals surface area contributed by atoms with Crippen LogP contribution in [0.2, 0.25) is 0 Å². The van der Waals surface area contributed by atoms with E-state index in [1.165, 1.54) is 0 Å². The molecule has 1 aliphatic rings. The van der Waals surface area contributed by atoms with Gasteiger partial charge >= 0.3 is 0 Å². The Labute approximate surface area is 186 Å². The van der Waals surface area contributed by atoms with E-state index in [4.69, 9.17) is 4.74 Å². The number of rotatable bonds is 8. The minimum atomic E-state index is -0.0982. The Morgan fingerprint density at radius 1 is 1.19 bits per heavy atom. The lowest BCUT2D eigenvalue weighted by atomic mass is 10.2. The van der Waals surface area contributed by atoms with Crippen molar-refractivity contribution in [3.63, 3.8) is 0 Å². The zero-order valence-electron chi connectivity index (χ0n) is 18.9. The van der Waals surface area contributed by atoms with Crippen LogP contribution in [0.4, 0.5) is 11.5 Å². The number of likely N-dealkylation sites (N-methyl/N-ethyl adjacent to an activating group) is 1. The first-order valence-electron chi connectivity index (χ1n) is 10.9. The van der Waals surface area contributed by atoms with Crippen molar-refractivity contribution < 1.29 is 15.8 Å². The van der Waals surface area contributed by atoms with E-state index < -0.39 is 0 Å². The highest BCUT2D eigenvalue weighted by molar-refractivity contribution is 6.05. The first kappa shape index (κ1) is 22.6. The normalized spacial score (nSPS) is 15.6. The summed E-state index contributed by atoms with van der Waals surface area (Å²) in [5.74, 6) is 1.62. The lowest BCUT2D eigenvalue weighted by Gasteiger charge is -2.24. The third-order valence-electron chi connectivity index (χ3n) is 5.82. The highest BCUT2D eigenvalue weighted by atomic mass is 16.5. The van der Waals surface area contributed by atoms with Crippen molar-refractivity contribution in [1.29, 1.82) is 0 Å². The third-order valence-corrected chi connectivity index (χ3v) is 5.82. The third kappa shape index (κ3) is 5.54. The minimum Gasteiger partial charge on any atom is -0.494 e. The Hall–Kier alpha value is -3.09. The monoisotopic (exact) mass is 426 g/mol. The Kier molecular flexibility index (Phi) is 7.50. The molecule has 1 aromatic carbocycles. The van der Waals surface area contributed by atoms with Crippen molar-refractivity contribution in [2.75, 3.05) is 43.6 Å². The average Bonchev–Trinajstić information content (AvgIpc) is 3.28. The summed E-state index contributed by atoms with van der Waals surface area (Å²) in [6.45, 7) is 6.03. The van der Waals surface area contributed by atoms with Crippen LogP contribution in [0.5, 0.6) is 5.75 Å². The van der Waals surface area contributed by atoms with Crippen LogP contribution in [-0.4, -0.2) is 61.5 Å². The number of nitrogens with zero attached hydrogens (tertiary/aromatic N) is 4. The van der Waals surface area contributed by atoms with Crippen LogP contribution in [-0.2, 0) is 4.79 Å². The molecule has 1 saturated heterocycles. The maximum Gasteiger partial charge on any atom is 0.258 e. The molecule has 31 heavy (non-hydrogen) atoms. The number of hydrogen-bond donors (Lipinski definition) is 0. The summed E-state index contributed by atoms with van der Waals surface area (Å²) in [6.07, 6.45) is 4.74. The van der Waals surface area contributed by atoms with Crippen molar-refractivity contribution in [1.82, 2.24) is 9.88 Å². The van der Waals surface area contributed by atoms with E-state index in [1.54, 1.807) is 42.1 Å². The molecule has 2 heterocycles. The predicted octanol–water partition coefficient (Wildman–Crippen LogP) is 3.84. The van der Waals surface area contributed by atoms with Crippen LogP contribution in [0, 0.1) is 0 Å². The van der Waals surface area contributed by atoms with Crippen molar-refractivity contribution >= 4 is 23.3 Å². The molecule has 0 spiro atoms. The number of aromatic nitrogens is 1. The van der Waals surface area contributed by atoms with E-state index in [0.29, 0.717) is 12.2 Å². The molecule has 0 radical (unpaired) electrons. The lowest BCUT2D eigenvalue weighted by Crippen LogP contribution is -2.37. The van der Waals surface area contributed by atoms with Gasteiger partial charge in [-0.25, -0.2) is 4.98 Å². The SMILES string of the molecule is CCCCOc1ccc(C(=O)N(C)c2ccc(N3CCC(N(C)C(C)=O)C3)nc2)cc1.[HH]. The summed E-state index contributed by atoms with van der Waals surface area (Å²) in [5, 5.41) is 0. The molecule has 0 bridgehead atoms. The Bertz CT molecular complexity index is 889. The second kappa shape index (κ2) is 10.3. The smallest absolute Gasteiger partial charge is 0.258 e. The van der Waals surface area contributed by atoms with Gasteiger partial charge in [0.1, 0.15) is 11.6 Å². The van der Waals surface area contributed by atoms with Gasteiger partial charge in [-0.2, -0.15) is 0 Å². The van der Waals surface area contributed by atoms with E-state index in [9.17, 15) is 9.59 Å². The van der Waals surface area contributed by atoms with Crippen LogP contribution in [0.3, 0.4) is 0 Å². The quantitative estimate of drug-likeness (QED) is 0.600. The minimum absolute atomic E-state index is 0. The highest BCUT2D eigenvalue weighted by Crippen LogP contribution is 2.24. The lowest BCUT2D eigenvalue weighted by molar-refractivity contribution is -0.129. The fourth-order valence-electron chi connectivity index (χ4n) is 3.63. The Morgan fingerprint density at radius 2 is 1.94 bits per heavy atom. The molecule has 1 unspecified atom stereocenters. The van der Waals surface area contributed by atoms with Crippen molar-refractivity contribution in [2.24, 2.45) is 0 Å². The molecule has 1 atom stereocenters. The van der Waals surface area contributed by atoms with Crippen LogP contribution < -0.4 is 14.5 Å². The fraction of sp³-hybridized carbons (Fsp3) is 0.458. The molecule has 1 aromatic heterocycles. The second-order valence-corrected chi connectivity index (χ2v) is 7.98. The summed E-state index contributed by atoms with van der Waals surface area (Å²) in [4.78, 5) is 34.6. The van der Waals surface area contributed by atoms with Gasteiger partial charge in [-0.3, -0.25) is 9.59 Å². The largest absolute Gasteiger partial charge is 0.494 e. The average molecular weight is 427 g/mol. The van der Waals surface area contributed by atoms with Gasteiger partial charge in [0, 0.05) is 41.1 Å². The first-order valence-corrected chi connectivity index (χ1v) is 10.9. The number of carbonyl (C=O) groups excluding carboxylic acids is 2. The molecule has 2 amide bonds. The van der Waals surface area contributed by atoms with Crippen molar-refractivity contribution in [2.45, 2.75) is 39.2 Å². The Morgan fingerprint density at radius 3 is 2.55 bits per heavy atom. The number of carbonyl (C=O) groups is 2. The van der Waals surface area contributed by atoms with Gasteiger partial charge in [0.25, 0.3) is 5.91 Å². The van der Waals surface area contributed by atoms with Crippen LogP contribution in [0.1, 0.15) is 44.9 Å². The molecule has 1 fully saturated rings. The summed E-state index contributed by atoms with van der Waals surface area (Å²) in [7, 11) is 3.59. The summed E-state index contributed by atoms with van der Waals surface area (Å²) in [6, 6.07) is 11.3. The van der Waals surface area contributed by atoms with Gasteiger partial charge in [0.2, 0.25) is 5.91 Å². The number of hydrogen-bond acceptors (Lipinski definition) is 5. The van der Waals surface area contributed by atoms with Gasteiger partial charge in [-0.15, -0.1) is 0 Å². The molecule has 168 valence electrons. The van der Waals surface area contributed by atoms with E-state index in [2.05, 4.69) is 16.8 Å². The molecular weight excluding hydrogens is 392 g/mol. The van der Waals surface area contributed by atoms with Crippen LogP contribution in [0.25, 0.3) is 0 Å². The number of benzene rings is 1. The molecule has 0 aliphatic carbocycles. The number of amides is 2. The Balaban J connectivity index is 0.00000363. The molecule has 7 nitrogen and oxygen atoms in total. The van der Waals surface area contributed by atoms with Crippen LogP contribution in [0.15, 0.2) is 42.6 Å². The number of ether oxygens (including phenoxy) is 1. The number of pyridine rings is 1. The maximum absolute atomic E-state index is 12.8. The molecule has 2 aromatic rings. The van der Waals surface area contributed by atoms with Crippen LogP contribution >= 0.6 is 0 Å². The fourth-order valence-corrected chi connectivity index (χ4v) is 3.63. The van der Waals surface area contributed by atoms with E-state index in [1.807, 2.05) is 31.3 Å². The van der Waals surface area contributed by atoms with E-state index >= 15 is 0 Å². The zero-order chi connectivity index (χ0) is 22.4. The zero-order valence-corrected chi connectivity index (χ0v) is 18.9. The van der Waals surface area contributed by atoms with Gasteiger partial charge in [0.05, 0.1) is 24.5 Å². The van der Waals surface area contributed by atoms with Gasteiger partial charge < -0.3 is 19.4 Å². The molecule has 1 aliphatic heterocycles. The van der Waals surface area contributed by atoms with Gasteiger partial charge in [0.15, 0.2) is 0 Å². The summed E-state index contributed by atoms with van der Waals surface area (Å²) >= 11 is 0. The molecule has 0 saturated carbocycles. The number of anilines is 2. The molecule has 3 rings (SSSR count). The van der Waals surface area contributed by atoms with Gasteiger partial charge in [-0.05, 0) is 49.2 Å².